The Morgan fingerprint density at radius 3 is 2.26 bits per heavy atom. The van der Waals surface area contributed by atoms with Crippen molar-refractivity contribution in [1.29, 1.82) is 0 Å². The maximum Gasteiger partial charge on any atom is 0.246 e. The van der Waals surface area contributed by atoms with Crippen molar-refractivity contribution < 1.29 is 26.7 Å². The lowest BCUT2D eigenvalue weighted by Gasteiger charge is -2.09. The molecular weight excluding hydrogens is 283 g/mol. The molecule has 0 heterocycles. The van der Waals surface area contributed by atoms with Crippen LogP contribution >= 0.6 is 0 Å². The zero-order valence-electron chi connectivity index (χ0n) is 10.2. The summed E-state index contributed by atoms with van der Waals surface area (Å²) in [5.74, 6) is -4.16. The van der Waals surface area contributed by atoms with Gasteiger partial charge in [0.05, 0.1) is 6.10 Å². The van der Waals surface area contributed by atoms with Gasteiger partial charge in [0.15, 0.2) is 4.90 Å². The van der Waals surface area contributed by atoms with E-state index in [0.717, 1.165) is 0 Å². The molecule has 0 saturated carbocycles. The summed E-state index contributed by atoms with van der Waals surface area (Å²) < 4.78 is 64.6. The van der Waals surface area contributed by atoms with Crippen molar-refractivity contribution in [2.24, 2.45) is 0 Å². The largest absolute Gasteiger partial charge is 0.393 e. The van der Waals surface area contributed by atoms with Crippen molar-refractivity contribution in [1.82, 2.24) is 4.72 Å². The number of aliphatic hydroxyl groups excluding tert-OH is 1. The molecule has 0 spiro atoms. The second-order valence-electron chi connectivity index (χ2n) is 4.09. The number of halogens is 3. The van der Waals surface area contributed by atoms with Gasteiger partial charge < -0.3 is 5.11 Å². The molecule has 0 aliphatic carbocycles. The lowest BCUT2D eigenvalue weighted by molar-refractivity contribution is 0.182. The van der Waals surface area contributed by atoms with Crippen LogP contribution in [-0.4, -0.2) is 26.2 Å². The topological polar surface area (TPSA) is 66.4 Å². The predicted octanol–water partition coefficient (Wildman–Crippen LogP) is 1.54. The van der Waals surface area contributed by atoms with Crippen LogP contribution in [0, 0.1) is 17.5 Å². The van der Waals surface area contributed by atoms with Crippen LogP contribution in [0.25, 0.3) is 0 Å². The highest BCUT2D eigenvalue weighted by Gasteiger charge is 2.24. The number of hydrogen-bond acceptors (Lipinski definition) is 3. The van der Waals surface area contributed by atoms with E-state index in [9.17, 15) is 21.6 Å². The Kier molecular flexibility index (Phi) is 5.33. The third kappa shape index (κ3) is 4.48. The van der Waals surface area contributed by atoms with Gasteiger partial charge in [-0.15, -0.1) is 0 Å². The van der Waals surface area contributed by atoms with Crippen molar-refractivity contribution in [2.75, 3.05) is 6.54 Å². The molecule has 1 aromatic carbocycles. The molecule has 4 nitrogen and oxygen atoms in total. The van der Waals surface area contributed by atoms with E-state index in [1.54, 1.807) is 0 Å². The van der Waals surface area contributed by atoms with Crippen molar-refractivity contribution in [3.63, 3.8) is 0 Å². The summed E-state index contributed by atoms with van der Waals surface area (Å²) in [6.45, 7) is 1.46. The zero-order valence-corrected chi connectivity index (χ0v) is 11.0. The fourth-order valence-electron chi connectivity index (χ4n) is 1.46. The Morgan fingerprint density at radius 2 is 1.79 bits per heavy atom. The molecule has 0 aliphatic rings. The molecule has 0 amide bonds. The Balaban J connectivity index is 2.84. The Morgan fingerprint density at radius 1 is 1.26 bits per heavy atom. The Bertz CT molecular complexity index is 523. The van der Waals surface area contributed by atoms with Crippen molar-refractivity contribution in [2.45, 2.75) is 30.8 Å². The molecule has 1 rings (SSSR count). The fraction of sp³-hybridized carbons (Fsp3) is 0.455. The molecule has 108 valence electrons. The number of rotatable bonds is 6. The summed E-state index contributed by atoms with van der Waals surface area (Å²) in [5.41, 5.74) is 0. The van der Waals surface area contributed by atoms with Crippen LogP contribution in [0.1, 0.15) is 19.8 Å². The quantitative estimate of drug-likeness (QED) is 0.783. The first-order chi connectivity index (χ1) is 8.74. The van der Waals surface area contributed by atoms with Gasteiger partial charge in [-0.3, -0.25) is 0 Å². The maximum atomic E-state index is 13.3. The fourth-order valence-corrected chi connectivity index (χ4v) is 2.65. The third-order valence-electron chi connectivity index (χ3n) is 2.32. The average Bonchev–Trinajstić information content (AvgIpc) is 2.22. The molecule has 19 heavy (non-hydrogen) atoms. The van der Waals surface area contributed by atoms with Crippen LogP contribution in [0.15, 0.2) is 17.0 Å². The molecule has 0 saturated heterocycles. The van der Waals surface area contributed by atoms with Crippen LogP contribution in [0.4, 0.5) is 13.2 Å². The van der Waals surface area contributed by atoms with E-state index in [4.69, 9.17) is 5.11 Å². The van der Waals surface area contributed by atoms with Gasteiger partial charge in [0.1, 0.15) is 17.5 Å². The predicted molar refractivity (Wildman–Crippen MR) is 62.4 cm³/mol. The SMILES string of the molecule is CC(O)CCCNS(=O)(=O)c1c(F)cc(F)cc1F. The highest BCUT2D eigenvalue weighted by atomic mass is 32.2. The first-order valence-electron chi connectivity index (χ1n) is 5.56. The molecule has 2 N–H and O–H groups in total. The second-order valence-corrected chi connectivity index (χ2v) is 5.79. The maximum absolute atomic E-state index is 13.3. The van der Waals surface area contributed by atoms with E-state index in [1.807, 2.05) is 4.72 Å². The minimum Gasteiger partial charge on any atom is -0.393 e. The van der Waals surface area contributed by atoms with E-state index >= 15 is 0 Å². The number of sulfonamides is 1. The highest BCUT2D eigenvalue weighted by Crippen LogP contribution is 2.19. The van der Waals surface area contributed by atoms with E-state index < -0.39 is 38.5 Å². The lowest BCUT2D eigenvalue weighted by atomic mass is 10.2. The van der Waals surface area contributed by atoms with E-state index in [2.05, 4.69) is 0 Å². The molecule has 0 bridgehead atoms. The normalized spacial score (nSPS) is 13.5. The number of aliphatic hydroxyl groups is 1. The van der Waals surface area contributed by atoms with Crippen LogP contribution in [0.5, 0.6) is 0 Å². The van der Waals surface area contributed by atoms with E-state index in [0.29, 0.717) is 25.0 Å². The van der Waals surface area contributed by atoms with Crippen molar-refractivity contribution in [3.8, 4) is 0 Å². The average molecular weight is 297 g/mol. The minimum absolute atomic E-state index is 0.0799. The highest BCUT2D eigenvalue weighted by molar-refractivity contribution is 7.89. The summed E-state index contributed by atoms with van der Waals surface area (Å²) >= 11 is 0. The molecule has 1 atom stereocenters. The van der Waals surface area contributed by atoms with Gasteiger partial charge in [-0.1, -0.05) is 0 Å². The molecule has 1 aromatic rings. The number of benzene rings is 1. The van der Waals surface area contributed by atoms with E-state index in [1.165, 1.54) is 6.92 Å². The van der Waals surface area contributed by atoms with Gasteiger partial charge in [-0.25, -0.2) is 26.3 Å². The van der Waals surface area contributed by atoms with Crippen LogP contribution < -0.4 is 4.72 Å². The van der Waals surface area contributed by atoms with Gasteiger partial charge >= 0.3 is 0 Å². The molecule has 0 radical (unpaired) electrons. The van der Waals surface area contributed by atoms with Crippen molar-refractivity contribution >= 4 is 10.0 Å². The minimum atomic E-state index is -4.38. The summed E-state index contributed by atoms with van der Waals surface area (Å²) in [5, 5.41) is 8.98. The standard InChI is InChI=1S/C11H14F3NO3S/c1-7(16)3-2-4-15-19(17,18)11-9(13)5-8(12)6-10(11)14/h5-7,15-16H,2-4H2,1H3. The molecule has 1 unspecified atom stereocenters. The van der Waals surface area contributed by atoms with Gasteiger partial charge in [-0.05, 0) is 19.8 Å². The van der Waals surface area contributed by atoms with Gasteiger partial charge in [0, 0.05) is 18.7 Å². The van der Waals surface area contributed by atoms with Gasteiger partial charge in [0.2, 0.25) is 10.0 Å². The van der Waals surface area contributed by atoms with Crippen LogP contribution in [0.2, 0.25) is 0 Å². The van der Waals surface area contributed by atoms with Crippen molar-refractivity contribution in [3.05, 3.63) is 29.6 Å². The molecular formula is C11H14F3NO3S. The van der Waals surface area contributed by atoms with Crippen LogP contribution in [-0.2, 0) is 10.0 Å². The van der Waals surface area contributed by atoms with Gasteiger partial charge in [-0.2, -0.15) is 0 Å². The second kappa shape index (κ2) is 6.36. The molecule has 0 fully saturated rings. The molecule has 0 aliphatic heterocycles. The monoisotopic (exact) mass is 297 g/mol. The Labute approximate surface area is 109 Å². The summed E-state index contributed by atoms with van der Waals surface area (Å²) in [7, 11) is -4.38. The third-order valence-corrected chi connectivity index (χ3v) is 3.83. The Hall–Kier alpha value is -1.12. The molecule has 8 heteroatoms. The zero-order chi connectivity index (χ0) is 14.6. The van der Waals surface area contributed by atoms with Gasteiger partial charge in [0.25, 0.3) is 0 Å². The number of nitrogens with one attached hydrogen (secondary N) is 1. The molecule has 0 aromatic heterocycles. The van der Waals surface area contributed by atoms with E-state index in [-0.39, 0.29) is 6.54 Å². The summed E-state index contributed by atoms with van der Waals surface area (Å²) in [4.78, 5) is -1.20. The first kappa shape index (κ1) is 15.9. The smallest absolute Gasteiger partial charge is 0.246 e. The number of hydrogen-bond donors (Lipinski definition) is 2. The first-order valence-corrected chi connectivity index (χ1v) is 7.04. The lowest BCUT2D eigenvalue weighted by Crippen LogP contribution is -2.27. The summed E-state index contributed by atoms with van der Waals surface area (Å²) in [6, 6.07) is 0.598. The van der Waals surface area contributed by atoms with Crippen LogP contribution in [0.3, 0.4) is 0 Å². The summed E-state index contributed by atoms with van der Waals surface area (Å²) in [6.07, 6.45) is 0.0573.